The van der Waals surface area contributed by atoms with Gasteiger partial charge in [-0.1, -0.05) is 18.2 Å². The van der Waals surface area contributed by atoms with E-state index in [4.69, 9.17) is 17.0 Å². The van der Waals surface area contributed by atoms with Crippen molar-refractivity contribution < 1.29 is 19.1 Å². The second-order valence-corrected chi connectivity index (χ2v) is 6.06. The molecule has 0 bridgehead atoms. The van der Waals surface area contributed by atoms with E-state index in [9.17, 15) is 14.4 Å². The lowest BCUT2D eigenvalue weighted by atomic mass is 10.1. The third kappa shape index (κ3) is 3.11. The van der Waals surface area contributed by atoms with Crippen molar-refractivity contribution in [2.24, 2.45) is 0 Å². The second-order valence-electron chi connectivity index (χ2n) is 5.67. The molecule has 2 aromatic rings. The fourth-order valence-corrected chi connectivity index (χ4v) is 3.17. The van der Waals surface area contributed by atoms with Crippen molar-refractivity contribution >= 4 is 52.1 Å². The van der Waals surface area contributed by atoms with E-state index >= 15 is 0 Å². The number of benzene rings is 1. The number of thiocarbonyl (C=S) groups is 1. The Balaban J connectivity index is 2.09. The molecule has 1 N–H and O–H groups in total. The van der Waals surface area contributed by atoms with Crippen LogP contribution in [-0.4, -0.2) is 46.0 Å². The third-order valence-electron chi connectivity index (χ3n) is 4.15. The molecular formula is C18H17N3O4S. The lowest BCUT2D eigenvalue weighted by Crippen LogP contribution is -2.53. The Morgan fingerprint density at radius 1 is 1.31 bits per heavy atom. The van der Waals surface area contributed by atoms with Gasteiger partial charge in [0, 0.05) is 29.2 Å². The molecule has 1 aliphatic rings. The van der Waals surface area contributed by atoms with E-state index in [1.807, 2.05) is 24.3 Å². The number of para-hydroxylation sites is 1. The highest BCUT2D eigenvalue weighted by Crippen LogP contribution is 2.25. The summed E-state index contributed by atoms with van der Waals surface area (Å²) < 4.78 is 6.45. The normalized spacial score (nSPS) is 16.3. The van der Waals surface area contributed by atoms with Gasteiger partial charge in [-0.3, -0.25) is 24.6 Å². The number of hydrogen-bond donors (Lipinski definition) is 1. The predicted octanol–water partition coefficient (Wildman–Crippen LogP) is 1.46. The standard InChI is InChI=1S/C18H17N3O4S/c1-3-21-17(24)13(16(23)19-18(21)26)8-11-9-20(10-15(22)25-2)14-7-5-4-6-12(11)14/h4-9H,3,10H2,1-2H3,(H,19,23,26)/b13-8+. The lowest BCUT2D eigenvalue weighted by Gasteiger charge is -2.27. The Morgan fingerprint density at radius 2 is 2.04 bits per heavy atom. The zero-order valence-electron chi connectivity index (χ0n) is 14.3. The Morgan fingerprint density at radius 3 is 2.73 bits per heavy atom. The maximum absolute atomic E-state index is 12.6. The van der Waals surface area contributed by atoms with E-state index in [0.717, 1.165) is 10.9 Å². The first-order valence-corrected chi connectivity index (χ1v) is 8.40. The minimum absolute atomic E-state index is 0.00132. The smallest absolute Gasteiger partial charge is 0.325 e. The number of nitrogens with zero attached hydrogens (tertiary/aromatic N) is 2. The molecule has 0 saturated carbocycles. The number of nitrogens with one attached hydrogen (secondary N) is 1. The largest absolute Gasteiger partial charge is 0.468 e. The van der Waals surface area contributed by atoms with Crippen LogP contribution in [0.25, 0.3) is 17.0 Å². The minimum atomic E-state index is -0.533. The first kappa shape index (κ1) is 17.8. The van der Waals surface area contributed by atoms with Crippen molar-refractivity contribution in [3.63, 3.8) is 0 Å². The summed E-state index contributed by atoms with van der Waals surface area (Å²) in [5, 5.41) is 3.45. The van der Waals surface area contributed by atoms with Gasteiger partial charge in [0.25, 0.3) is 11.8 Å². The number of aromatic nitrogens is 1. The summed E-state index contributed by atoms with van der Waals surface area (Å²) in [5.41, 5.74) is 1.46. The van der Waals surface area contributed by atoms with E-state index in [2.05, 4.69) is 5.32 Å². The number of hydrogen-bond acceptors (Lipinski definition) is 5. The van der Waals surface area contributed by atoms with Crippen LogP contribution in [0, 0.1) is 0 Å². The van der Waals surface area contributed by atoms with Gasteiger partial charge >= 0.3 is 5.97 Å². The molecule has 0 aliphatic carbocycles. The average molecular weight is 371 g/mol. The fourth-order valence-electron chi connectivity index (χ4n) is 2.86. The number of esters is 1. The highest BCUT2D eigenvalue weighted by atomic mass is 32.1. The highest BCUT2D eigenvalue weighted by molar-refractivity contribution is 7.80. The lowest BCUT2D eigenvalue weighted by molar-refractivity contribution is -0.141. The summed E-state index contributed by atoms with van der Waals surface area (Å²) in [6.07, 6.45) is 3.25. The molecule has 0 unspecified atom stereocenters. The third-order valence-corrected chi connectivity index (χ3v) is 4.47. The van der Waals surface area contributed by atoms with Gasteiger partial charge in [-0.25, -0.2) is 0 Å². The molecule has 1 fully saturated rings. The first-order valence-electron chi connectivity index (χ1n) is 7.99. The maximum Gasteiger partial charge on any atom is 0.325 e. The summed E-state index contributed by atoms with van der Waals surface area (Å²) in [4.78, 5) is 37.8. The van der Waals surface area contributed by atoms with Gasteiger partial charge in [0.05, 0.1) is 7.11 Å². The Labute approximate surface area is 155 Å². The number of carbonyl (C=O) groups is 3. The summed E-state index contributed by atoms with van der Waals surface area (Å²) in [6.45, 7) is 2.17. The van der Waals surface area contributed by atoms with Crippen molar-refractivity contribution in [2.75, 3.05) is 13.7 Å². The number of methoxy groups -OCH3 is 1. The van der Waals surface area contributed by atoms with Gasteiger partial charge in [0.1, 0.15) is 12.1 Å². The highest BCUT2D eigenvalue weighted by Gasteiger charge is 2.32. The van der Waals surface area contributed by atoms with Gasteiger partial charge in [-0.15, -0.1) is 0 Å². The summed E-state index contributed by atoms with van der Waals surface area (Å²) in [7, 11) is 1.32. The Bertz CT molecular complexity index is 960. The Hall–Kier alpha value is -3.00. The summed E-state index contributed by atoms with van der Waals surface area (Å²) >= 11 is 5.03. The van der Waals surface area contributed by atoms with Crippen LogP contribution < -0.4 is 5.32 Å². The molecule has 2 heterocycles. The van der Waals surface area contributed by atoms with Crippen LogP contribution in [0.15, 0.2) is 36.0 Å². The molecule has 3 rings (SSSR count). The van der Waals surface area contributed by atoms with Crippen LogP contribution in [0.4, 0.5) is 0 Å². The van der Waals surface area contributed by atoms with E-state index in [1.54, 1.807) is 17.7 Å². The van der Waals surface area contributed by atoms with Gasteiger partial charge in [-0.2, -0.15) is 0 Å². The molecule has 0 atom stereocenters. The van der Waals surface area contributed by atoms with Crippen LogP contribution in [0.1, 0.15) is 12.5 Å². The second kappa shape index (κ2) is 7.09. The van der Waals surface area contributed by atoms with Gasteiger partial charge in [0.15, 0.2) is 5.11 Å². The van der Waals surface area contributed by atoms with Gasteiger partial charge in [0.2, 0.25) is 0 Å². The fraction of sp³-hybridized carbons (Fsp3) is 0.222. The zero-order chi connectivity index (χ0) is 18.8. The quantitative estimate of drug-likeness (QED) is 0.381. The molecule has 0 spiro atoms. The topological polar surface area (TPSA) is 80.6 Å². The molecule has 1 aromatic carbocycles. The number of likely N-dealkylation sites (N-methyl/N-ethyl adjacent to an activating group) is 1. The van der Waals surface area contributed by atoms with Crippen molar-refractivity contribution in [1.82, 2.24) is 14.8 Å². The molecule has 26 heavy (non-hydrogen) atoms. The van der Waals surface area contributed by atoms with E-state index in [-0.39, 0.29) is 23.2 Å². The van der Waals surface area contributed by atoms with Crippen LogP contribution in [-0.2, 0) is 25.7 Å². The number of amides is 2. The zero-order valence-corrected chi connectivity index (χ0v) is 15.1. The van der Waals surface area contributed by atoms with Crippen LogP contribution in [0.5, 0.6) is 0 Å². The number of fused-ring (bicyclic) bond motifs is 1. The first-order chi connectivity index (χ1) is 12.5. The summed E-state index contributed by atoms with van der Waals surface area (Å²) in [6, 6.07) is 7.42. The van der Waals surface area contributed by atoms with E-state index in [0.29, 0.717) is 12.1 Å². The molecule has 1 saturated heterocycles. The molecule has 8 heteroatoms. The van der Waals surface area contributed by atoms with Crippen LogP contribution >= 0.6 is 12.2 Å². The van der Waals surface area contributed by atoms with Gasteiger partial charge in [-0.05, 0) is 31.3 Å². The minimum Gasteiger partial charge on any atom is -0.468 e. The molecule has 2 amide bonds. The summed E-state index contributed by atoms with van der Waals surface area (Å²) in [5.74, 6) is -1.36. The molecular weight excluding hydrogens is 354 g/mol. The van der Waals surface area contributed by atoms with Crippen molar-refractivity contribution in [3.05, 3.63) is 41.6 Å². The monoisotopic (exact) mass is 371 g/mol. The molecule has 1 aliphatic heterocycles. The maximum atomic E-state index is 12.6. The van der Waals surface area contributed by atoms with E-state index < -0.39 is 11.8 Å². The van der Waals surface area contributed by atoms with Crippen molar-refractivity contribution in [3.8, 4) is 0 Å². The number of carbonyl (C=O) groups excluding carboxylic acids is 3. The molecule has 134 valence electrons. The van der Waals surface area contributed by atoms with Crippen molar-refractivity contribution in [2.45, 2.75) is 13.5 Å². The number of ether oxygens (including phenoxy) is 1. The van der Waals surface area contributed by atoms with Crippen LogP contribution in [0.2, 0.25) is 0 Å². The molecule has 1 aromatic heterocycles. The SMILES string of the molecule is CCN1C(=O)/C(=C/c2cn(CC(=O)OC)c3ccccc23)C(=O)NC1=S. The average Bonchev–Trinajstić information content (AvgIpc) is 2.96. The number of rotatable bonds is 4. The van der Waals surface area contributed by atoms with Crippen molar-refractivity contribution in [1.29, 1.82) is 0 Å². The van der Waals surface area contributed by atoms with Crippen LogP contribution in [0.3, 0.4) is 0 Å². The predicted molar refractivity (Wildman–Crippen MR) is 100 cm³/mol. The Kier molecular flexibility index (Phi) is 4.85. The van der Waals surface area contributed by atoms with E-state index in [1.165, 1.54) is 18.1 Å². The van der Waals surface area contributed by atoms with Gasteiger partial charge < -0.3 is 9.30 Å². The molecule has 7 nitrogen and oxygen atoms in total. The molecule has 0 radical (unpaired) electrons.